The molecular weight excluding hydrogens is 310 g/mol. The van der Waals surface area contributed by atoms with E-state index in [-0.39, 0.29) is 16.6 Å². The van der Waals surface area contributed by atoms with Gasteiger partial charge in [-0.3, -0.25) is 0 Å². The van der Waals surface area contributed by atoms with E-state index in [0.29, 0.717) is 10.7 Å². The molecular formula is C12H9ClF2N2O2S. The summed E-state index contributed by atoms with van der Waals surface area (Å²) in [4.78, 5) is 15.5. The van der Waals surface area contributed by atoms with Crippen molar-refractivity contribution < 1.29 is 18.3 Å². The number of thiazole rings is 1. The van der Waals surface area contributed by atoms with Crippen molar-refractivity contribution in [3.05, 3.63) is 45.4 Å². The summed E-state index contributed by atoms with van der Waals surface area (Å²) < 4.78 is 30.3. The topological polar surface area (TPSA) is 51.2 Å². The molecule has 20 heavy (non-hydrogen) atoms. The Bertz CT molecular complexity index is 648. The number of hydrogen-bond donors (Lipinski definition) is 1. The summed E-state index contributed by atoms with van der Waals surface area (Å²) in [5.74, 6) is -2.40. The first-order valence-electron chi connectivity index (χ1n) is 5.43. The van der Waals surface area contributed by atoms with E-state index in [4.69, 9.17) is 11.6 Å². The zero-order chi connectivity index (χ0) is 14.7. The molecule has 0 aliphatic carbocycles. The monoisotopic (exact) mass is 318 g/mol. The minimum absolute atomic E-state index is 0.0367. The van der Waals surface area contributed by atoms with Crippen molar-refractivity contribution in [2.24, 2.45) is 0 Å². The highest BCUT2D eigenvalue weighted by molar-refractivity contribution is 7.18. The first-order valence-corrected chi connectivity index (χ1v) is 6.63. The molecule has 1 heterocycles. The van der Waals surface area contributed by atoms with E-state index in [1.54, 1.807) is 0 Å². The number of halogens is 3. The van der Waals surface area contributed by atoms with Crippen molar-refractivity contribution in [3.63, 3.8) is 0 Å². The number of methoxy groups -OCH3 is 1. The summed E-state index contributed by atoms with van der Waals surface area (Å²) in [7, 11) is 1.24. The van der Waals surface area contributed by atoms with Gasteiger partial charge in [0.2, 0.25) is 0 Å². The van der Waals surface area contributed by atoms with Gasteiger partial charge in [0.15, 0.2) is 26.8 Å². The third kappa shape index (κ3) is 3.23. The first kappa shape index (κ1) is 14.7. The van der Waals surface area contributed by atoms with Crippen LogP contribution < -0.4 is 5.32 Å². The Labute approximate surface area is 122 Å². The number of anilines is 1. The lowest BCUT2D eigenvalue weighted by molar-refractivity contribution is 0.0606. The fourth-order valence-corrected chi connectivity index (χ4v) is 2.52. The van der Waals surface area contributed by atoms with Gasteiger partial charge >= 0.3 is 5.97 Å². The standard InChI is InChI=1S/C12H9ClF2N2O2S/c1-19-11(18)9-10(13)17-12(20-9)16-5-6-2-3-7(14)8(15)4-6/h2-4H,5H2,1H3,(H,16,17). The molecule has 0 aliphatic rings. The zero-order valence-corrected chi connectivity index (χ0v) is 11.8. The number of esters is 1. The van der Waals surface area contributed by atoms with Crippen molar-refractivity contribution >= 4 is 34.0 Å². The van der Waals surface area contributed by atoms with E-state index in [0.717, 1.165) is 23.5 Å². The molecule has 106 valence electrons. The maximum atomic E-state index is 13.0. The van der Waals surface area contributed by atoms with Crippen LogP contribution in [0.25, 0.3) is 0 Å². The highest BCUT2D eigenvalue weighted by Crippen LogP contribution is 2.27. The van der Waals surface area contributed by atoms with Crippen molar-refractivity contribution in [3.8, 4) is 0 Å². The average molecular weight is 319 g/mol. The summed E-state index contributed by atoms with van der Waals surface area (Å²) in [5.41, 5.74) is 0.537. The SMILES string of the molecule is COC(=O)c1sc(NCc2ccc(F)c(F)c2)nc1Cl. The smallest absolute Gasteiger partial charge is 0.351 e. The van der Waals surface area contributed by atoms with Gasteiger partial charge in [-0.05, 0) is 17.7 Å². The summed E-state index contributed by atoms with van der Waals surface area (Å²) in [5, 5.41) is 3.30. The normalized spacial score (nSPS) is 10.4. The molecule has 0 radical (unpaired) electrons. The van der Waals surface area contributed by atoms with Crippen LogP contribution in [0.5, 0.6) is 0 Å². The van der Waals surface area contributed by atoms with Crippen molar-refractivity contribution in [2.75, 3.05) is 12.4 Å². The van der Waals surface area contributed by atoms with Gasteiger partial charge in [0.05, 0.1) is 7.11 Å². The third-order valence-corrected chi connectivity index (χ3v) is 3.76. The van der Waals surface area contributed by atoms with Crippen LogP contribution >= 0.6 is 22.9 Å². The molecule has 0 spiro atoms. The van der Waals surface area contributed by atoms with E-state index >= 15 is 0 Å². The minimum Gasteiger partial charge on any atom is -0.465 e. The summed E-state index contributed by atoms with van der Waals surface area (Å²) in [6.07, 6.45) is 0. The van der Waals surface area contributed by atoms with Gasteiger partial charge < -0.3 is 10.1 Å². The van der Waals surface area contributed by atoms with Crippen LogP contribution in [0.3, 0.4) is 0 Å². The van der Waals surface area contributed by atoms with Crippen LogP contribution in [0.1, 0.15) is 15.2 Å². The summed E-state index contributed by atoms with van der Waals surface area (Å²) in [6.45, 7) is 0.224. The van der Waals surface area contributed by atoms with Crippen molar-refractivity contribution in [1.82, 2.24) is 4.98 Å². The Hall–Kier alpha value is -1.73. The number of carbonyl (C=O) groups is 1. The Kier molecular flexibility index (Phi) is 4.51. The maximum absolute atomic E-state index is 13.0. The van der Waals surface area contributed by atoms with Crippen molar-refractivity contribution in [1.29, 1.82) is 0 Å². The number of aromatic nitrogens is 1. The van der Waals surface area contributed by atoms with Crippen LogP contribution in [0.15, 0.2) is 18.2 Å². The molecule has 1 aromatic heterocycles. The second kappa shape index (κ2) is 6.15. The van der Waals surface area contributed by atoms with Gasteiger partial charge in [-0.2, -0.15) is 0 Å². The molecule has 0 aliphatic heterocycles. The molecule has 2 aromatic rings. The molecule has 0 atom stereocenters. The summed E-state index contributed by atoms with van der Waals surface area (Å²) >= 11 is 6.82. The van der Waals surface area contributed by atoms with Crippen LogP contribution in [0.4, 0.5) is 13.9 Å². The fraction of sp³-hybridized carbons (Fsp3) is 0.167. The minimum atomic E-state index is -0.920. The van der Waals surface area contributed by atoms with E-state index in [2.05, 4.69) is 15.0 Å². The van der Waals surface area contributed by atoms with Crippen LogP contribution in [0, 0.1) is 11.6 Å². The number of ether oxygens (including phenoxy) is 1. The summed E-state index contributed by atoms with van der Waals surface area (Å²) in [6, 6.07) is 3.57. The number of carbonyl (C=O) groups excluding carboxylic acids is 1. The van der Waals surface area contributed by atoms with Gasteiger partial charge in [0.25, 0.3) is 0 Å². The predicted octanol–water partition coefficient (Wildman–Crippen LogP) is 3.47. The molecule has 2 rings (SSSR count). The average Bonchev–Trinajstić information content (AvgIpc) is 2.80. The molecule has 0 amide bonds. The second-order valence-corrected chi connectivity index (χ2v) is 5.09. The lowest BCUT2D eigenvalue weighted by Gasteiger charge is -2.03. The Morgan fingerprint density at radius 2 is 2.20 bits per heavy atom. The van der Waals surface area contributed by atoms with E-state index in [1.807, 2.05) is 0 Å². The fourth-order valence-electron chi connectivity index (χ4n) is 1.42. The quantitative estimate of drug-likeness (QED) is 0.877. The molecule has 8 heteroatoms. The second-order valence-electron chi connectivity index (χ2n) is 3.73. The highest BCUT2D eigenvalue weighted by Gasteiger charge is 2.17. The van der Waals surface area contributed by atoms with E-state index in [9.17, 15) is 13.6 Å². The lowest BCUT2D eigenvalue weighted by atomic mass is 10.2. The number of nitrogens with one attached hydrogen (secondary N) is 1. The number of hydrogen-bond acceptors (Lipinski definition) is 5. The van der Waals surface area contributed by atoms with Gasteiger partial charge in [0.1, 0.15) is 0 Å². The Balaban J connectivity index is 2.07. The van der Waals surface area contributed by atoms with Crippen molar-refractivity contribution in [2.45, 2.75) is 6.54 Å². The van der Waals surface area contributed by atoms with Crippen LogP contribution in [-0.2, 0) is 11.3 Å². The van der Waals surface area contributed by atoms with Gasteiger partial charge in [-0.1, -0.05) is 29.0 Å². The molecule has 1 N–H and O–H groups in total. The molecule has 0 unspecified atom stereocenters. The van der Waals surface area contributed by atoms with Gasteiger partial charge in [-0.25, -0.2) is 18.6 Å². The highest BCUT2D eigenvalue weighted by atomic mass is 35.5. The number of nitrogens with zero attached hydrogens (tertiary/aromatic N) is 1. The molecule has 0 bridgehead atoms. The van der Waals surface area contributed by atoms with Crippen LogP contribution in [-0.4, -0.2) is 18.1 Å². The van der Waals surface area contributed by atoms with E-state index < -0.39 is 17.6 Å². The van der Waals surface area contributed by atoms with E-state index in [1.165, 1.54) is 13.2 Å². The maximum Gasteiger partial charge on any atom is 0.351 e. The molecule has 0 fully saturated rings. The first-order chi connectivity index (χ1) is 9.51. The largest absolute Gasteiger partial charge is 0.465 e. The van der Waals surface area contributed by atoms with Gasteiger partial charge in [-0.15, -0.1) is 0 Å². The molecule has 4 nitrogen and oxygen atoms in total. The Morgan fingerprint density at radius 1 is 1.45 bits per heavy atom. The number of benzene rings is 1. The zero-order valence-electron chi connectivity index (χ0n) is 10.2. The molecule has 1 aromatic carbocycles. The predicted molar refractivity (Wildman–Crippen MR) is 72.1 cm³/mol. The third-order valence-electron chi connectivity index (χ3n) is 2.38. The van der Waals surface area contributed by atoms with Gasteiger partial charge in [0, 0.05) is 6.54 Å². The lowest BCUT2D eigenvalue weighted by Crippen LogP contribution is -2.00. The molecule has 0 saturated carbocycles. The Morgan fingerprint density at radius 3 is 2.85 bits per heavy atom. The molecule has 0 saturated heterocycles. The number of rotatable bonds is 4. The van der Waals surface area contributed by atoms with Crippen LogP contribution in [0.2, 0.25) is 5.15 Å².